The number of nitrogens with zero attached hydrogens (tertiary/aromatic N) is 2. The van der Waals surface area contributed by atoms with Crippen LogP contribution in [-0.2, 0) is 0 Å². The van der Waals surface area contributed by atoms with Gasteiger partial charge in [0.15, 0.2) is 0 Å². The van der Waals surface area contributed by atoms with Gasteiger partial charge >= 0.3 is 0 Å². The van der Waals surface area contributed by atoms with E-state index in [4.69, 9.17) is 0 Å². The molecule has 0 atom stereocenters. The Morgan fingerprint density at radius 3 is 1.84 bits per heavy atom. The molecule has 0 amide bonds. The van der Waals surface area contributed by atoms with Crippen molar-refractivity contribution in [2.24, 2.45) is 17.8 Å². The average molecular weight is 361 g/mol. The number of alkyl halides is 2. The molecule has 2 rings (SSSR count). The van der Waals surface area contributed by atoms with Crippen LogP contribution in [0.2, 0.25) is 0 Å². The van der Waals surface area contributed by atoms with Gasteiger partial charge in [-0.05, 0) is 38.0 Å². The molecular formula is C21H42F2N2. The molecule has 4 heteroatoms. The van der Waals surface area contributed by atoms with E-state index in [-0.39, 0.29) is 6.54 Å². The second-order valence-corrected chi connectivity index (χ2v) is 9.23. The Morgan fingerprint density at radius 2 is 1.44 bits per heavy atom. The zero-order valence-corrected chi connectivity index (χ0v) is 17.5. The normalized spacial score (nSPS) is 26.6. The third-order valence-electron chi connectivity index (χ3n) is 5.58. The third-order valence-corrected chi connectivity index (χ3v) is 5.58. The fraction of sp³-hybridized carbons (Fsp3) is 1.00. The van der Waals surface area contributed by atoms with Crippen LogP contribution in [0.1, 0.15) is 73.6 Å². The molecule has 0 unspecified atom stereocenters. The Morgan fingerprint density at radius 1 is 0.920 bits per heavy atom. The number of hydrogen-bond donors (Lipinski definition) is 0. The van der Waals surface area contributed by atoms with E-state index in [9.17, 15) is 8.78 Å². The van der Waals surface area contributed by atoms with Crippen molar-refractivity contribution in [1.29, 1.82) is 0 Å². The fourth-order valence-corrected chi connectivity index (χ4v) is 4.06. The summed E-state index contributed by atoms with van der Waals surface area (Å²) in [6.07, 6.45) is 7.43. The van der Waals surface area contributed by atoms with Crippen LogP contribution in [0, 0.1) is 17.8 Å². The van der Waals surface area contributed by atoms with Crippen molar-refractivity contribution in [3.63, 3.8) is 0 Å². The van der Waals surface area contributed by atoms with E-state index >= 15 is 0 Å². The summed E-state index contributed by atoms with van der Waals surface area (Å²) >= 11 is 0. The minimum atomic E-state index is -2.56. The molecule has 0 bridgehead atoms. The van der Waals surface area contributed by atoms with Crippen LogP contribution < -0.4 is 0 Å². The first-order valence-electron chi connectivity index (χ1n) is 10.4. The van der Waals surface area contributed by atoms with Crippen LogP contribution >= 0.6 is 0 Å². The summed E-state index contributed by atoms with van der Waals surface area (Å²) < 4.78 is 25.4. The standard InChI is InChI=1S/C11H22.C10H20F2N2/c1-9(2)8-11-6-4-10(3)5-7-11;1-9(2)14-6-4-13(5-7-14)8-10(3,11)12/h9-11H,4-8H2,1-3H3;9H,4-8H2,1-3H3. The lowest BCUT2D eigenvalue weighted by molar-refractivity contribution is -0.0280. The topological polar surface area (TPSA) is 6.48 Å². The van der Waals surface area contributed by atoms with Crippen molar-refractivity contribution in [3.8, 4) is 0 Å². The Kier molecular flexibility index (Phi) is 9.87. The number of piperazine rings is 1. The van der Waals surface area contributed by atoms with Crippen LogP contribution in [0.15, 0.2) is 0 Å². The summed E-state index contributed by atoms with van der Waals surface area (Å²) in [5.74, 6) is 0.429. The fourth-order valence-electron chi connectivity index (χ4n) is 4.06. The number of halogens is 2. The second-order valence-electron chi connectivity index (χ2n) is 9.23. The van der Waals surface area contributed by atoms with Gasteiger partial charge < -0.3 is 0 Å². The van der Waals surface area contributed by atoms with E-state index in [2.05, 4.69) is 39.5 Å². The molecule has 0 spiro atoms. The molecule has 0 aromatic heterocycles. The molecule has 25 heavy (non-hydrogen) atoms. The first kappa shape index (κ1) is 22.8. The van der Waals surface area contributed by atoms with Gasteiger partial charge in [-0.15, -0.1) is 0 Å². The van der Waals surface area contributed by atoms with Crippen molar-refractivity contribution >= 4 is 0 Å². The maximum Gasteiger partial charge on any atom is 0.257 e. The minimum Gasteiger partial charge on any atom is -0.298 e. The highest BCUT2D eigenvalue weighted by Crippen LogP contribution is 2.32. The molecule has 0 aromatic carbocycles. The van der Waals surface area contributed by atoms with Gasteiger partial charge in [-0.25, -0.2) is 8.78 Å². The predicted octanol–water partition coefficient (Wildman–Crippen LogP) is 5.53. The van der Waals surface area contributed by atoms with Crippen molar-refractivity contribution in [2.45, 2.75) is 85.6 Å². The molecule has 2 nitrogen and oxygen atoms in total. The van der Waals surface area contributed by atoms with Gasteiger partial charge in [0, 0.05) is 39.1 Å². The first-order chi connectivity index (χ1) is 11.6. The van der Waals surface area contributed by atoms with Crippen molar-refractivity contribution in [2.75, 3.05) is 32.7 Å². The Bertz CT molecular complexity index is 336. The smallest absolute Gasteiger partial charge is 0.257 e. The van der Waals surface area contributed by atoms with Crippen LogP contribution in [-0.4, -0.2) is 54.5 Å². The second kappa shape index (κ2) is 10.8. The number of hydrogen-bond acceptors (Lipinski definition) is 2. The highest BCUT2D eigenvalue weighted by atomic mass is 19.3. The van der Waals surface area contributed by atoms with Crippen LogP contribution in [0.4, 0.5) is 8.78 Å². The van der Waals surface area contributed by atoms with Gasteiger partial charge in [0.2, 0.25) is 0 Å². The molecule has 1 saturated heterocycles. The molecule has 0 aromatic rings. The van der Waals surface area contributed by atoms with Crippen molar-refractivity contribution in [1.82, 2.24) is 9.80 Å². The van der Waals surface area contributed by atoms with Crippen molar-refractivity contribution in [3.05, 3.63) is 0 Å². The van der Waals surface area contributed by atoms with E-state index in [1.165, 1.54) is 32.1 Å². The molecule has 1 aliphatic carbocycles. The maximum absolute atomic E-state index is 12.7. The van der Waals surface area contributed by atoms with Gasteiger partial charge in [0.05, 0.1) is 6.54 Å². The SMILES string of the molecule is CC(C)CC1CCC(C)CC1.CC(C)N1CCN(CC(C)(F)F)CC1. The molecular weight excluding hydrogens is 318 g/mol. The summed E-state index contributed by atoms with van der Waals surface area (Å²) in [5.41, 5.74) is 0. The predicted molar refractivity (Wildman–Crippen MR) is 104 cm³/mol. The highest BCUT2D eigenvalue weighted by molar-refractivity contribution is 4.77. The lowest BCUT2D eigenvalue weighted by Crippen LogP contribution is -2.51. The molecule has 1 saturated carbocycles. The summed E-state index contributed by atoms with van der Waals surface area (Å²) in [5, 5.41) is 0. The van der Waals surface area contributed by atoms with Gasteiger partial charge in [-0.3, -0.25) is 9.80 Å². The quantitative estimate of drug-likeness (QED) is 0.636. The summed E-state index contributed by atoms with van der Waals surface area (Å²) in [6.45, 7) is 15.6. The van der Waals surface area contributed by atoms with Crippen LogP contribution in [0.5, 0.6) is 0 Å². The van der Waals surface area contributed by atoms with E-state index < -0.39 is 5.92 Å². The molecule has 1 heterocycles. The van der Waals surface area contributed by atoms with E-state index in [1.54, 1.807) is 0 Å². The van der Waals surface area contributed by atoms with E-state index in [0.29, 0.717) is 6.04 Å². The van der Waals surface area contributed by atoms with Crippen LogP contribution in [0.25, 0.3) is 0 Å². The molecule has 2 fully saturated rings. The Balaban J connectivity index is 0.000000257. The lowest BCUT2D eigenvalue weighted by atomic mass is 9.79. The zero-order chi connectivity index (χ0) is 19.0. The molecule has 1 aliphatic heterocycles. The van der Waals surface area contributed by atoms with E-state index in [0.717, 1.165) is 50.9 Å². The summed E-state index contributed by atoms with van der Waals surface area (Å²) in [6, 6.07) is 0.527. The summed E-state index contributed by atoms with van der Waals surface area (Å²) in [4.78, 5) is 4.17. The molecule has 2 aliphatic rings. The largest absolute Gasteiger partial charge is 0.298 e. The molecule has 150 valence electrons. The maximum atomic E-state index is 12.7. The third kappa shape index (κ3) is 10.5. The number of rotatable bonds is 5. The van der Waals surface area contributed by atoms with Gasteiger partial charge in [0.1, 0.15) is 0 Å². The van der Waals surface area contributed by atoms with E-state index in [1.807, 2.05) is 4.90 Å². The monoisotopic (exact) mass is 360 g/mol. The van der Waals surface area contributed by atoms with Gasteiger partial charge in [-0.2, -0.15) is 0 Å². The average Bonchev–Trinajstić information content (AvgIpc) is 2.49. The van der Waals surface area contributed by atoms with Gasteiger partial charge in [-0.1, -0.05) is 46.5 Å². The first-order valence-corrected chi connectivity index (χ1v) is 10.4. The lowest BCUT2D eigenvalue weighted by Gasteiger charge is -2.37. The van der Waals surface area contributed by atoms with Crippen LogP contribution in [0.3, 0.4) is 0 Å². The molecule has 0 N–H and O–H groups in total. The molecule has 0 radical (unpaired) electrons. The minimum absolute atomic E-state index is 0.0983. The Labute approximate surface area is 155 Å². The highest BCUT2D eigenvalue weighted by Gasteiger charge is 2.27. The van der Waals surface area contributed by atoms with Gasteiger partial charge in [0.25, 0.3) is 5.92 Å². The van der Waals surface area contributed by atoms with Crippen molar-refractivity contribution < 1.29 is 8.78 Å². The zero-order valence-electron chi connectivity index (χ0n) is 17.5. The Hall–Kier alpha value is -0.220. The summed E-state index contributed by atoms with van der Waals surface area (Å²) in [7, 11) is 0.